The van der Waals surface area contributed by atoms with Gasteiger partial charge in [0.2, 0.25) is 0 Å². The normalized spacial score (nSPS) is 12.3. The van der Waals surface area contributed by atoms with Crippen molar-refractivity contribution in [3.05, 3.63) is 56.0 Å². The number of nitrogens with two attached hydrogens (primary N) is 1. The fourth-order valence-corrected chi connectivity index (χ4v) is 2.31. The van der Waals surface area contributed by atoms with Gasteiger partial charge in [0.1, 0.15) is 0 Å². The van der Waals surface area contributed by atoms with Gasteiger partial charge in [-0.1, -0.05) is 6.07 Å². The zero-order valence-electron chi connectivity index (χ0n) is 9.04. The lowest BCUT2D eigenvalue weighted by atomic mass is 10.0. The predicted molar refractivity (Wildman–Crippen MR) is 65.1 cm³/mol. The Morgan fingerprint density at radius 2 is 2.22 bits per heavy atom. The van der Waals surface area contributed by atoms with Crippen LogP contribution in [0.3, 0.4) is 0 Å². The molecule has 2 rings (SSSR count). The minimum Gasteiger partial charge on any atom is -0.505 e. The molecule has 1 aromatic heterocycles. The highest BCUT2D eigenvalue weighted by Gasteiger charge is 2.21. The van der Waals surface area contributed by atoms with Gasteiger partial charge in [0.15, 0.2) is 11.6 Å². The number of nitro groups is 1. The van der Waals surface area contributed by atoms with Crippen LogP contribution in [-0.2, 0) is 0 Å². The summed E-state index contributed by atoms with van der Waals surface area (Å²) in [6, 6.07) is 4.43. The SMILES string of the molecule is N[C@@H](c1cccs1)c1cc([N+](=O)[O-])cc(F)c1O. The van der Waals surface area contributed by atoms with E-state index in [4.69, 9.17) is 5.73 Å². The monoisotopic (exact) mass is 268 g/mol. The number of phenols is 1. The second kappa shape index (κ2) is 4.71. The zero-order valence-corrected chi connectivity index (χ0v) is 9.86. The van der Waals surface area contributed by atoms with E-state index in [1.807, 2.05) is 0 Å². The molecule has 0 aliphatic carbocycles. The molecule has 0 aliphatic heterocycles. The number of aromatic hydroxyl groups is 1. The molecular formula is C11H9FN2O3S. The van der Waals surface area contributed by atoms with Crippen LogP contribution in [0.4, 0.5) is 10.1 Å². The van der Waals surface area contributed by atoms with E-state index in [1.165, 1.54) is 11.3 Å². The summed E-state index contributed by atoms with van der Waals surface area (Å²) in [6.45, 7) is 0. The second-order valence-corrected chi connectivity index (χ2v) is 4.59. The lowest BCUT2D eigenvalue weighted by Crippen LogP contribution is -2.11. The molecule has 0 saturated carbocycles. The number of phenolic OH excluding ortho intramolecular Hbond substituents is 1. The van der Waals surface area contributed by atoms with Gasteiger partial charge >= 0.3 is 0 Å². The molecule has 7 heteroatoms. The van der Waals surface area contributed by atoms with E-state index in [0.29, 0.717) is 10.9 Å². The third-order valence-corrected chi connectivity index (χ3v) is 3.43. The van der Waals surface area contributed by atoms with Gasteiger partial charge < -0.3 is 10.8 Å². The topological polar surface area (TPSA) is 89.4 Å². The summed E-state index contributed by atoms with van der Waals surface area (Å²) in [5.41, 5.74) is 5.43. The number of non-ortho nitro benzene ring substituents is 1. The van der Waals surface area contributed by atoms with Crippen molar-refractivity contribution in [3.63, 3.8) is 0 Å². The zero-order chi connectivity index (χ0) is 13.3. The Bertz CT molecular complexity index is 586. The standard InChI is InChI=1S/C11H9FN2O3S/c12-8-5-6(14(16)17)4-7(11(8)15)10(13)9-2-1-3-18-9/h1-5,10,15H,13H2/t10-/m1/s1. The molecule has 1 atom stereocenters. The molecule has 0 radical (unpaired) electrons. The van der Waals surface area contributed by atoms with Crippen LogP contribution in [0, 0.1) is 15.9 Å². The van der Waals surface area contributed by atoms with E-state index in [0.717, 1.165) is 6.07 Å². The van der Waals surface area contributed by atoms with Gasteiger partial charge in [-0.3, -0.25) is 10.1 Å². The maximum atomic E-state index is 13.4. The van der Waals surface area contributed by atoms with Crippen LogP contribution < -0.4 is 5.73 Å². The van der Waals surface area contributed by atoms with Gasteiger partial charge in [0.05, 0.1) is 17.0 Å². The van der Waals surface area contributed by atoms with Crippen molar-refractivity contribution in [1.29, 1.82) is 0 Å². The van der Waals surface area contributed by atoms with Crippen LogP contribution in [0.1, 0.15) is 16.5 Å². The number of thiophene rings is 1. The van der Waals surface area contributed by atoms with Crippen molar-refractivity contribution in [1.82, 2.24) is 0 Å². The van der Waals surface area contributed by atoms with Gasteiger partial charge in [-0.25, -0.2) is 4.39 Å². The van der Waals surface area contributed by atoms with Crippen molar-refractivity contribution in [3.8, 4) is 5.75 Å². The van der Waals surface area contributed by atoms with Gasteiger partial charge in [-0.15, -0.1) is 11.3 Å². The molecule has 1 heterocycles. The molecule has 0 bridgehead atoms. The fraction of sp³-hybridized carbons (Fsp3) is 0.0909. The first-order valence-electron chi connectivity index (χ1n) is 4.96. The molecular weight excluding hydrogens is 259 g/mol. The summed E-state index contributed by atoms with van der Waals surface area (Å²) in [6.07, 6.45) is 0. The molecule has 1 aromatic carbocycles. The predicted octanol–water partition coefficient (Wildman–Crippen LogP) is 2.55. The Hall–Kier alpha value is -1.99. The molecule has 18 heavy (non-hydrogen) atoms. The van der Waals surface area contributed by atoms with Crippen LogP contribution in [-0.4, -0.2) is 10.0 Å². The second-order valence-electron chi connectivity index (χ2n) is 3.62. The van der Waals surface area contributed by atoms with E-state index >= 15 is 0 Å². The number of nitrogens with zero attached hydrogens (tertiary/aromatic N) is 1. The Morgan fingerprint density at radius 3 is 2.78 bits per heavy atom. The smallest absolute Gasteiger partial charge is 0.272 e. The number of hydrogen-bond acceptors (Lipinski definition) is 5. The minimum atomic E-state index is -1.05. The van der Waals surface area contributed by atoms with Crippen molar-refractivity contribution in [2.75, 3.05) is 0 Å². The summed E-state index contributed by atoms with van der Waals surface area (Å²) in [5.74, 6) is -1.70. The van der Waals surface area contributed by atoms with Crippen molar-refractivity contribution >= 4 is 17.0 Å². The molecule has 94 valence electrons. The van der Waals surface area contributed by atoms with Crippen molar-refractivity contribution in [2.45, 2.75) is 6.04 Å². The molecule has 5 nitrogen and oxygen atoms in total. The maximum absolute atomic E-state index is 13.4. The first-order chi connectivity index (χ1) is 8.50. The Kier molecular flexibility index (Phi) is 3.26. The Labute approximate surface area is 105 Å². The molecule has 0 aliphatic rings. The first kappa shape index (κ1) is 12.5. The summed E-state index contributed by atoms with van der Waals surface area (Å²) in [5, 5.41) is 22.0. The maximum Gasteiger partial charge on any atom is 0.272 e. The molecule has 0 saturated heterocycles. The van der Waals surface area contributed by atoms with Gasteiger partial charge in [0.25, 0.3) is 5.69 Å². The van der Waals surface area contributed by atoms with Crippen LogP contribution >= 0.6 is 11.3 Å². The lowest BCUT2D eigenvalue weighted by Gasteiger charge is -2.12. The van der Waals surface area contributed by atoms with Crippen LogP contribution in [0.5, 0.6) is 5.75 Å². The molecule has 0 fully saturated rings. The highest BCUT2D eigenvalue weighted by molar-refractivity contribution is 7.10. The highest BCUT2D eigenvalue weighted by Crippen LogP contribution is 2.34. The average Bonchev–Trinajstić information content (AvgIpc) is 2.85. The highest BCUT2D eigenvalue weighted by atomic mass is 32.1. The number of benzene rings is 1. The average molecular weight is 268 g/mol. The van der Waals surface area contributed by atoms with Gasteiger partial charge in [-0.2, -0.15) is 0 Å². The number of rotatable bonds is 3. The molecule has 0 spiro atoms. The van der Waals surface area contributed by atoms with Gasteiger partial charge in [0, 0.05) is 16.5 Å². The summed E-state index contributed by atoms with van der Waals surface area (Å²) in [4.78, 5) is 10.6. The first-order valence-corrected chi connectivity index (χ1v) is 5.84. The summed E-state index contributed by atoms with van der Waals surface area (Å²) in [7, 11) is 0. The van der Waals surface area contributed by atoms with Crippen LogP contribution in [0.2, 0.25) is 0 Å². The number of nitro benzene ring substituents is 1. The van der Waals surface area contributed by atoms with Crippen molar-refractivity contribution < 1.29 is 14.4 Å². The minimum absolute atomic E-state index is 0.00384. The molecule has 0 amide bonds. The van der Waals surface area contributed by atoms with E-state index in [9.17, 15) is 19.6 Å². The van der Waals surface area contributed by atoms with E-state index in [-0.39, 0.29) is 5.56 Å². The fourth-order valence-electron chi connectivity index (χ4n) is 1.57. The summed E-state index contributed by atoms with van der Waals surface area (Å²) >= 11 is 1.33. The van der Waals surface area contributed by atoms with E-state index in [2.05, 4.69) is 0 Å². The summed E-state index contributed by atoms with van der Waals surface area (Å²) < 4.78 is 13.4. The van der Waals surface area contributed by atoms with Crippen LogP contribution in [0.15, 0.2) is 29.6 Å². The quantitative estimate of drug-likeness (QED) is 0.661. The van der Waals surface area contributed by atoms with E-state index < -0.39 is 28.2 Å². The lowest BCUT2D eigenvalue weighted by molar-refractivity contribution is -0.385. The largest absolute Gasteiger partial charge is 0.505 e. The molecule has 3 N–H and O–H groups in total. The molecule has 0 unspecified atom stereocenters. The third kappa shape index (κ3) is 2.18. The molecule has 2 aromatic rings. The van der Waals surface area contributed by atoms with Gasteiger partial charge in [-0.05, 0) is 11.4 Å². The van der Waals surface area contributed by atoms with Crippen LogP contribution in [0.25, 0.3) is 0 Å². The third-order valence-electron chi connectivity index (χ3n) is 2.47. The number of halogens is 1. The number of hydrogen-bond donors (Lipinski definition) is 2. The Balaban J connectivity index is 2.53. The Morgan fingerprint density at radius 1 is 1.50 bits per heavy atom. The van der Waals surface area contributed by atoms with Crippen molar-refractivity contribution in [2.24, 2.45) is 5.73 Å². The van der Waals surface area contributed by atoms with E-state index in [1.54, 1.807) is 17.5 Å².